The fourth-order valence-electron chi connectivity index (χ4n) is 1.49. The maximum atomic E-state index is 13.2. The summed E-state index contributed by atoms with van der Waals surface area (Å²) in [5.74, 6) is -0.810. The molecule has 92 valence electrons. The Labute approximate surface area is 125 Å². The second-order valence-electron chi connectivity index (χ2n) is 3.58. The summed E-state index contributed by atoms with van der Waals surface area (Å²) in [5, 5.41) is 0.233. The molecular formula is C13H6Br2ClFO. The van der Waals surface area contributed by atoms with Crippen LogP contribution in [0, 0.1) is 5.82 Å². The second-order valence-corrected chi connectivity index (χ2v) is 5.75. The fraction of sp³-hybridized carbons (Fsp3) is 0. The smallest absolute Gasteiger partial charge is 0.195 e. The van der Waals surface area contributed by atoms with E-state index < -0.39 is 5.82 Å². The van der Waals surface area contributed by atoms with Gasteiger partial charge < -0.3 is 0 Å². The standard InChI is InChI=1S/C13H6Br2ClFO/c14-7-1-3-9(11(15)5-7)13(18)10-6-8(17)2-4-12(10)16/h1-6H. The minimum absolute atomic E-state index is 0.152. The molecule has 0 N–H and O–H groups in total. The molecule has 0 saturated carbocycles. The Morgan fingerprint density at radius 1 is 1.06 bits per heavy atom. The highest BCUT2D eigenvalue weighted by Gasteiger charge is 2.16. The minimum atomic E-state index is -0.490. The second kappa shape index (κ2) is 5.51. The molecule has 0 radical (unpaired) electrons. The molecule has 0 aliphatic carbocycles. The van der Waals surface area contributed by atoms with E-state index in [0.717, 1.165) is 10.5 Å². The zero-order chi connectivity index (χ0) is 13.3. The van der Waals surface area contributed by atoms with E-state index in [1.807, 2.05) is 0 Å². The van der Waals surface area contributed by atoms with Crippen molar-refractivity contribution in [2.45, 2.75) is 0 Å². The Kier molecular flexibility index (Phi) is 4.20. The largest absolute Gasteiger partial charge is 0.289 e. The molecule has 2 aromatic carbocycles. The summed E-state index contributed by atoms with van der Waals surface area (Å²) in [6.45, 7) is 0. The number of benzene rings is 2. The molecule has 0 aliphatic heterocycles. The van der Waals surface area contributed by atoms with E-state index in [-0.39, 0.29) is 16.4 Å². The van der Waals surface area contributed by atoms with E-state index in [1.54, 1.807) is 18.2 Å². The lowest BCUT2D eigenvalue weighted by Gasteiger charge is -2.06. The Balaban J connectivity index is 2.51. The van der Waals surface area contributed by atoms with Crippen LogP contribution in [0.3, 0.4) is 0 Å². The first kappa shape index (κ1) is 13.7. The third-order valence-corrected chi connectivity index (χ3v) is 3.83. The van der Waals surface area contributed by atoms with Crippen molar-refractivity contribution in [1.82, 2.24) is 0 Å². The van der Waals surface area contributed by atoms with Crippen molar-refractivity contribution in [3.63, 3.8) is 0 Å². The van der Waals surface area contributed by atoms with Gasteiger partial charge in [0.2, 0.25) is 0 Å². The summed E-state index contributed by atoms with van der Waals surface area (Å²) < 4.78 is 14.6. The Morgan fingerprint density at radius 3 is 2.44 bits per heavy atom. The van der Waals surface area contributed by atoms with Crippen LogP contribution in [0.15, 0.2) is 45.3 Å². The number of hydrogen-bond donors (Lipinski definition) is 0. The Hall–Kier alpha value is -0.710. The molecule has 0 fully saturated rings. The highest BCUT2D eigenvalue weighted by Crippen LogP contribution is 2.27. The lowest BCUT2D eigenvalue weighted by molar-refractivity contribution is 0.103. The van der Waals surface area contributed by atoms with Crippen molar-refractivity contribution in [3.05, 3.63) is 67.3 Å². The molecular weight excluding hydrogens is 386 g/mol. The average Bonchev–Trinajstić information content (AvgIpc) is 2.31. The number of hydrogen-bond acceptors (Lipinski definition) is 1. The van der Waals surface area contributed by atoms with Gasteiger partial charge in [-0.25, -0.2) is 4.39 Å². The molecule has 0 saturated heterocycles. The van der Waals surface area contributed by atoms with Crippen molar-refractivity contribution in [3.8, 4) is 0 Å². The number of carbonyl (C=O) groups is 1. The summed E-state index contributed by atoms with van der Waals surface area (Å²) >= 11 is 12.5. The van der Waals surface area contributed by atoms with Crippen molar-refractivity contribution in [1.29, 1.82) is 0 Å². The predicted octanol–water partition coefficient (Wildman–Crippen LogP) is 5.24. The summed E-state index contributed by atoms with van der Waals surface area (Å²) in [4.78, 5) is 12.3. The molecule has 2 rings (SSSR count). The molecule has 0 spiro atoms. The summed E-state index contributed by atoms with van der Waals surface area (Å²) in [6, 6.07) is 8.87. The number of ketones is 1. The van der Waals surface area contributed by atoms with Gasteiger partial charge in [-0.05, 0) is 52.3 Å². The van der Waals surface area contributed by atoms with Crippen LogP contribution in [0.1, 0.15) is 15.9 Å². The van der Waals surface area contributed by atoms with Crippen LogP contribution in [0.2, 0.25) is 5.02 Å². The van der Waals surface area contributed by atoms with E-state index in [2.05, 4.69) is 31.9 Å². The minimum Gasteiger partial charge on any atom is -0.289 e. The zero-order valence-corrected chi connectivity index (χ0v) is 12.8. The average molecular weight is 392 g/mol. The van der Waals surface area contributed by atoms with Crippen molar-refractivity contribution < 1.29 is 9.18 Å². The van der Waals surface area contributed by atoms with Gasteiger partial charge in [-0.3, -0.25) is 4.79 Å². The SMILES string of the molecule is O=C(c1cc(F)ccc1Cl)c1ccc(Br)cc1Br. The van der Waals surface area contributed by atoms with Gasteiger partial charge in [0.1, 0.15) is 5.82 Å². The maximum absolute atomic E-state index is 13.2. The monoisotopic (exact) mass is 390 g/mol. The van der Waals surface area contributed by atoms with E-state index in [0.29, 0.717) is 10.0 Å². The van der Waals surface area contributed by atoms with Crippen molar-refractivity contribution in [2.24, 2.45) is 0 Å². The molecule has 5 heteroatoms. The topological polar surface area (TPSA) is 17.1 Å². The lowest BCUT2D eigenvalue weighted by atomic mass is 10.0. The van der Waals surface area contributed by atoms with E-state index in [4.69, 9.17) is 11.6 Å². The summed E-state index contributed by atoms with van der Waals surface area (Å²) in [5.41, 5.74) is 0.588. The van der Waals surface area contributed by atoms with Crippen LogP contribution in [0.5, 0.6) is 0 Å². The van der Waals surface area contributed by atoms with E-state index in [1.165, 1.54) is 12.1 Å². The highest BCUT2D eigenvalue weighted by atomic mass is 79.9. The Morgan fingerprint density at radius 2 is 1.78 bits per heavy atom. The number of halogens is 4. The zero-order valence-electron chi connectivity index (χ0n) is 8.88. The summed E-state index contributed by atoms with van der Waals surface area (Å²) in [7, 11) is 0. The maximum Gasteiger partial charge on any atom is 0.195 e. The summed E-state index contributed by atoms with van der Waals surface area (Å²) in [6.07, 6.45) is 0. The van der Waals surface area contributed by atoms with Gasteiger partial charge in [0.25, 0.3) is 0 Å². The molecule has 1 nitrogen and oxygen atoms in total. The molecule has 0 bridgehead atoms. The first-order valence-corrected chi connectivity index (χ1v) is 6.90. The van der Waals surface area contributed by atoms with Crippen LogP contribution < -0.4 is 0 Å². The van der Waals surface area contributed by atoms with Crippen molar-refractivity contribution in [2.75, 3.05) is 0 Å². The number of carbonyl (C=O) groups excluding carboxylic acids is 1. The molecule has 0 atom stereocenters. The van der Waals surface area contributed by atoms with Crippen LogP contribution in [-0.4, -0.2) is 5.78 Å². The number of rotatable bonds is 2. The predicted molar refractivity (Wildman–Crippen MR) is 76.7 cm³/mol. The third kappa shape index (κ3) is 2.82. The van der Waals surface area contributed by atoms with Gasteiger partial charge in [0.15, 0.2) is 5.78 Å². The van der Waals surface area contributed by atoms with Crippen LogP contribution >= 0.6 is 43.5 Å². The Bertz CT molecular complexity index is 628. The molecule has 0 unspecified atom stereocenters. The van der Waals surface area contributed by atoms with Gasteiger partial charge in [0, 0.05) is 20.1 Å². The molecule has 0 aromatic heterocycles. The van der Waals surface area contributed by atoms with E-state index >= 15 is 0 Å². The first-order chi connectivity index (χ1) is 8.49. The van der Waals surface area contributed by atoms with Crippen molar-refractivity contribution >= 4 is 49.2 Å². The quantitative estimate of drug-likeness (QED) is 0.639. The van der Waals surface area contributed by atoms with Crippen LogP contribution in [0.4, 0.5) is 4.39 Å². The highest BCUT2D eigenvalue weighted by molar-refractivity contribution is 9.11. The molecule has 18 heavy (non-hydrogen) atoms. The van der Waals surface area contributed by atoms with Gasteiger partial charge in [-0.2, -0.15) is 0 Å². The lowest BCUT2D eigenvalue weighted by Crippen LogP contribution is -2.03. The van der Waals surface area contributed by atoms with Crippen LogP contribution in [0.25, 0.3) is 0 Å². The third-order valence-electron chi connectivity index (χ3n) is 2.35. The normalized spacial score (nSPS) is 10.4. The van der Waals surface area contributed by atoms with Gasteiger partial charge >= 0.3 is 0 Å². The van der Waals surface area contributed by atoms with Gasteiger partial charge in [0.05, 0.1) is 5.02 Å². The first-order valence-electron chi connectivity index (χ1n) is 4.94. The van der Waals surface area contributed by atoms with Gasteiger partial charge in [-0.1, -0.05) is 27.5 Å². The molecule has 0 amide bonds. The van der Waals surface area contributed by atoms with Crippen LogP contribution in [-0.2, 0) is 0 Å². The van der Waals surface area contributed by atoms with E-state index in [9.17, 15) is 9.18 Å². The molecule has 0 heterocycles. The van der Waals surface area contributed by atoms with Gasteiger partial charge in [-0.15, -0.1) is 0 Å². The molecule has 2 aromatic rings. The molecule has 0 aliphatic rings. The fourth-order valence-corrected chi connectivity index (χ4v) is 2.92.